The molecule has 1 saturated heterocycles. The van der Waals surface area contributed by atoms with Crippen LogP contribution in [0.3, 0.4) is 0 Å². The van der Waals surface area contributed by atoms with Gasteiger partial charge in [0.25, 0.3) is 5.91 Å². The molecule has 0 radical (unpaired) electrons. The molecule has 0 bridgehead atoms. The first-order chi connectivity index (χ1) is 13.9. The fourth-order valence-corrected chi connectivity index (χ4v) is 3.30. The van der Waals surface area contributed by atoms with E-state index in [1.807, 2.05) is 6.07 Å². The minimum absolute atomic E-state index is 0.0448. The number of nitrogens with one attached hydrogen (secondary N) is 1. The Morgan fingerprint density at radius 1 is 1.10 bits per heavy atom. The Balaban J connectivity index is 1.82. The number of piperazine rings is 1. The predicted octanol–water partition coefficient (Wildman–Crippen LogP) is 3.95. The number of nitrogens with zero attached hydrogens (tertiary/aromatic N) is 2. The molecule has 1 heterocycles. The molecule has 2 aromatic rings. The average molecular weight is 426 g/mol. The predicted molar refractivity (Wildman–Crippen MR) is 109 cm³/mol. The number of hydrogen-bond acceptors (Lipinski definition) is 5. The maximum Gasteiger partial charge on any atom is 0.387 e. The van der Waals surface area contributed by atoms with Gasteiger partial charge in [0.15, 0.2) is 11.5 Å². The van der Waals surface area contributed by atoms with Crippen LogP contribution >= 0.6 is 11.6 Å². The Morgan fingerprint density at radius 3 is 2.48 bits per heavy atom. The summed E-state index contributed by atoms with van der Waals surface area (Å²) < 4.78 is 34.4. The first-order valence-electron chi connectivity index (χ1n) is 9.04. The van der Waals surface area contributed by atoms with Crippen molar-refractivity contribution in [2.24, 2.45) is 0 Å². The van der Waals surface area contributed by atoms with Crippen LogP contribution in [0.15, 0.2) is 36.4 Å². The zero-order valence-electron chi connectivity index (χ0n) is 16.1. The molecule has 156 valence electrons. The molecule has 1 aliphatic heterocycles. The molecule has 0 aromatic heterocycles. The molecule has 0 aliphatic carbocycles. The van der Waals surface area contributed by atoms with E-state index in [0.29, 0.717) is 10.7 Å². The van der Waals surface area contributed by atoms with Gasteiger partial charge in [-0.2, -0.15) is 8.78 Å². The third-order valence-corrected chi connectivity index (χ3v) is 4.93. The Bertz CT molecular complexity index is 874. The first kappa shape index (κ1) is 21.1. The Hall–Kier alpha value is -2.58. The molecule has 1 fully saturated rings. The van der Waals surface area contributed by atoms with Gasteiger partial charge in [0, 0.05) is 36.8 Å². The van der Waals surface area contributed by atoms with Crippen molar-refractivity contribution >= 4 is 28.9 Å². The van der Waals surface area contributed by atoms with Crippen molar-refractivity contribution < 1.29 is 23.0 Å². The van der Waals surface area contributed by atoms with Crippen LogP contribution in [0.1, 0.15) is 10.4 Å². The molecule has 0 unspecified atom stereocenters. The normalized spacial score (nSPS) is 14.8. The van der Waals surface area contributed by atoms with E-state index in [1.165, 1.54) is 25.3 Å². The van der Waals surface area contributed by atoms with Crippen molar-refractivity contribution in [3.8, 4) is 11.5 Å². The number of halogens is 3. The second-order valence-corrected chi connectivity index (χ2v) is 7.09. The van der Waals surface area contributed by atoms with Gasteiger partial charge in [-0.25, -0.2) is 0 Å². The fraction of sp³-hybridized carbons (Fsp3) is 0.350. The maximum atomic E-state index is 12.8. The van der Waals surface area contributed by atoms with Gasteiger partial charge < -0.3 is 24.6 Å². The Kier molecular flexibility index (Phi) is 6.76. The second kappa shape index (κ2) is 9.28. The molecule has 1 amide bonds. The summed E-state index contributed by atoms with van der Waals surface area (Å²) >= 11 is 6.14. The van der Waals surface area contributed by atoms with E-state index in [-0.39, 0.29) is 17.1 Å². The number of ether oxygens (including phenoxy) is 2. The highest BCUT2D eigenvalue weighted by atomic mass is 35.5. The third-order valence-electron chi connectivity index (χ3n) is 4.69. The zero-order chi connectivity index (χ0) is 21.0. The summed E-state index contributed by atoms with van der Waals surface area (Å²) in [4.78, 5) is 17.2. The van der Waals surface area contributed by atoms with Crippen molar-refractivity contribution in [2.75, 3.05) is 50.6 Å². The molecule has 29 heavy (non-hydrogen) atoms. The van der Waals surface area contributed by atoms with Gasteiger partial charge in [-0.05, 0) is 43.4 Å². The van der Waals surface area contributed by atoms with E-state index in [2.05, 4.69) is 26.9 Å². The molecule has 1 N–H and O–H groups in total. The van der Waals surface area contributed by atoms with Crippen molar-refractivity contribution in [3.63, 3.8) is 0 Å². The lowest BCUT2D eigenvalue weighted by molar-refractivity contribution is -0.0512. The van der Waals surface area contributed by atoms with Crippen molar-refractivity contribution in [1.82, 2.24) is 4.90 Å². The molecule has 1 aliphatic rings. The number of rotatable bonds is 6. The van der Waals surface area contributed by atoms with Gasteiger partial charge in [-0.1, -0.05) is 11.6 Å². The standard InChI is InChI=1S/C20H22ClF2N3O3/c1-25-7-9-26(10-8-25)16-5-4-14(21)12-15(16)24-19(27)13-3-6-17(29-20(22)23)18(11-13)28-2/h3-6,11-12,20H,7-10H2,1-2H3,(H,24,27). The highest BCUT2D eigenvalue weighted by Gasteiger charge is 2.20. The van der Waals surface area contributed by atoms with E-state index in [0.717, 1.165) is 31.9 Å². The molecular weight excluding hydrogens is 404 g/mol. The van der Waals surface area contributed by atoms with Crippen LogP contribution < -0.4 is 19.7 Å². The summed E-state index contributed by atoms with van der Waals surface area (Å²) in [5.74, 6) is -0.507. The smallest absolute Gasteiger partial charge is 0.387 e. The molecule has 0 atom stereocenters. The molecule has 2 aromatic carbocycles. The molecule has 6 nitrogen and oxygen atoms in total. The lowest BCUT2D eigenvalue weighted by atomic mass is 10.1. The van der Waals surface area contributed by atoms with Crippen LogP contribution in [-0.4, -0.2) is 57.8 Å². The van der Waals surface area contributed by atoms with Gasteiger partial charge in [0.1, 0.15) is 0 Å². The summed E-state index contributed by atoms with van der Waals surface area (Å²) in [6, 6.07) is 9.38. The topological polar surface area (TPSA) is 54.0 Å². The Morgan fingerprint density at radius 2 is 1.83 bits per heavy atom. The maximum absolute atomic E-state index is 12.8. The number of anilines is 2. The van der Waals surface area contributed by atoms with Gasteiger partial charge in [-0.15, -0.1) is 0 Å². The summed E-state index contributed by atoms with van der Waals surface area (Å²) in [6.07, 6.45) is 0. The zero-order valence-corrected chi connectivity index (χ0v) is 16.9. The first-order valence-corrected chi connectivity index (χ1v) is 9.42. The molecule has 3 rings (SSSR count). The second-order valence-electron chi connectivity index (χ2n) is 6.65. The van der Waals surface area contributed by atoms with E-state index >= 15 is 0 Å². The summed E-state index contributed by atoms with van der Waals surface area (Å²) in [5, 5.41) is 3.36. The molecule has 0 saturated carbocycles. The van der Waals surface area contributed by atoms with Crippen molar-refractivity contribution in [2.45, 2.75) is 6.61 Å². The van der Waals surface area contributed by atoms with Crippen molar-refractivity contribution in [1.29, 1.82) is 0 Å². The van der Waals surface area contributed by atoms with Gasteiger partial charge in [0.2, 0.25) is 0 Å². The summed E-state index contributed by atoms with van der Waals surface area (Å²) in [6.45, 7) is 0.502. The van der Waals surface area contributed by atoms with Gasteiger partial charge in [0.05, 0.1) is 18.5 Å². The minimum Gasteiger partial charge on any atom is -0.493 e. The van der Waals surface area contributed by atoms with Crippen molar-refractivity contribution in [3.05, 3.63) is 47.0 Å². The van der Waals surface area contributed by atoms with E-state index in [4.69, 9.17) is 16.3 Å². The van der Waals surface area contributed by atoms with Gasteiger partial charge >= 0.3 is 6.61 Å². The number of alkyl halides is 2. The van der Waals surface area contributed by atoms with E-state index in [9.17, 15) is 13.6 Å². The largest absolute Gasteiger partial charge is 0.493 e. The monoisotopic (exact) mass is 425 g/mol. The summed E-state index contributed by atoms with van der Waals surface area (Å²) in [5.41, 5.74) is 1.70. The lowest BCUT2D eigenvalue weighted by Gasteiger charge is -2.35. The van der Waals surface area contributed by atoms with Crippen LogP contribution in [0.5, 0.6) is 11.5 Å². The average Bonchev–Trinajstić information content (AvgIpc) is 2.69. The van der Waals surface area contributed by atoms with Crippen LogP contribution in [-0.2, 0) is 0 Å². The van der Waals surface area contributed by atoms with E-state index < -0.39 is 12.5 Å². The highest BCUT2D eigenvalue weighted by molar-refractivity contribution is 6.31. The number of benzene rings is 2. The van der Waals surface area contributed by atoms with E-state index in [1.54, 1.807) is 12.1 Å². The number of amides is 1. The Labute approximate surface area is 172 Å². The SMILES string of the molecule is COc1cc(C(=O)Nc2cc(Cl)ccc2N2CCN(C)CC2)ccc1OC(F)F. The number of carbonyl (C=O) groups is 1. The number of likely N-dealkylation sites (N-methyl/N-ethyl adjacent to an activating group) is 1. The third kappa shape index (κ3) is 5.27. The highest BCUT2D eigenvalue weighted by Crippen LogP contribution is 2.32. The van der Waals surface area contributed by atoms with Crippen LogP contribution in [0, 0.1) is 0 Å². The van der Waals surface area contributed by atoms with Crippen LogP contribution in [0.4, 0.5) is 20.2 Å². The fourth-order valence-electron chi connectivity index (χ4n) is 3.13. The number of hydrogen-bond donors (Lipinski definition) is 1. The molecule has 9 heteroatoms. The minimum atomic E-state index is -2.99. The summed E-state index contributed by atoms with van der Waals surface area (Å²) in [7, 11) is 3.38. The lowest BCUT2D eigenvalue weighted by Crippen LogP contribution is -2.44. The quantitative estimate of drug-likeness (QED) is 0.759. The molecular formula is C20H22ClF2N3O3. The number of methoxy groups -OCH3 is 1. The van der Waals surface area contributed by atoms with Crippen LogP contribution in [0.2, 0.25) is 5.02 Å². The molecule has 0 spiro atoms. The number of carbonyl (C=O) groups excluding carboxylic acids is 1. The van der Waals surface area contributed by atoms with Gasteiger partial charge in [-0.3, -0.25) is 4.79 Å². The van der Waals surface area contributed by atoms with Crippen LogP contribution in [0.25, 0.3) is 0 Å².